The fourth-order valence-electron chi connectivity index (χ4n) is 3.35. The summed E-state index contributed by atoms with van der Waals surface area (Å²) in [5.41, 5.74) is 0. The van der Waals surface area contributed by atoms with Gasteiger partial charge in [0.2, 0.25) is 0 Å². The predicted molar refractivity (Wildman–Crippen MR) is 87.8 cm³/mol. The largest absolute Gasteiger partial charge is 0.381 e. The molecule has 2 saturated heterocycles. The van der Waals surface area contributed by atoms with Gasteiger partial charge >= 0.3 is 0 Å². The molecule has 0 aromatic rings. The van der Waals surface area contributed by atoms with Gasteiger partial charge in [-0.1, -0.05) is 0 Å². The molecule has 1 N–H and O–H groups in total. The second kappa shape index (κ2) is 8.59. The average Bonchev–Trinajstić information content (AvgIpc) is 2.92. The zero-order chi connectivity index (χ0) is 15.1. The monoisotopic (exact) mass is 296 g/mol. The summed E-state index contributed by atoms with van der Waals surface area (Å²) in [6, 6.07) is 0.658. The SMILES string of the molecule is CN=C(NCC1CCCN1C)N(C)CCC1CCOCC1. The maximum absolute atomic E-state index is 5.43. The number of rotatable bonds is 5. The summed E-state index contributed by atoms with van der Waals surface area (Å²) in [4.78, 5) is 9.14. The van der Waals surface area contributed by atoms with Crippen LogP contribution in [0.15, 0.2) is 4.99 Å². The van der Waals surface area contributed by atoms with Crippen LogP contribution in [0.1, 0.15) is 32.1 Å². The molecule has 122 valence electrons. The Kier molecular flexibility index (Phi) is 6.77. The van der Waals surface area contributed by atoms with E-state index in [4.69, 9.17) is 4.74 Å². The van der Waals surface area contributed by atoms with E-state index < -0.39 is 0 Å². The topological polar surface area (TPSA) is 40.1 Å². The van der Waals surface area contributed by atoms with Crippen molar-refractivity contribution < 1.29 is 4.74 Å². The first kappa shape index (κ1) is 16.6. The van der Waals surface area contributed by atoms with Crippen LogP contribution in [-0.2, 0) is 4.74 Å². The van der Waals surface area contributed by atoms with Crippen molar-refractivity contribution in [3.63, 3.8) is 0 Å². The number of hydrogen-bond donors (Lipinski definition) is 1. The Morgan fingerprint density at radius 2 is 2.10 bits per heavy atom. The number of likely N-dealkylation sites (tertiary alicyclic amines) is 1. The first-order valence-corrected chi connectivity index (χ1v) is 8.40. The van der Waals surface area contributed by atoms with Crippen molar-refractivity contribution in [2.45, 2.75) is 38.1 Å². The maximum Gasteiger partial charge on any atom is 0.193 e. The smallest absolute Gasteiger partial charge is 0.193 e. The lowest BCUT2D eigenvalue weighted by Crippen LogP contribution is -2.45. The Labute approximate surface area is 129 Å². The standard InChI is InChI=1S/C16H32N4O/c1-17-16(18-13-15-5-4-9-19(15)2)20(3)10-6-14-7-11-21-12-8-14/h14-15H,4-13H2,1-3H3,(H,17,18). The molecular weight excluding hydrogens is 264 g/mol. The highest BCUT2D eigenvalue weighted by Gasteiger charge is 2.21. The molecule has 0 aromatic heterocycles. The van der Waals surface area contributed by atoms with E-state index in [1.54, 1.807) is 0 Å². The number of likely N-dealkylation sites (N-methyl/N-ethyl adjacent to an activating group) is 1. The van der Waals surface area contributed by atoms with E-state index in [1.165, 1.54) is 38.6 Å². The molecule has 2 aliphatic rings. The Bertz CT molecular complexity index is 328. The molecule has 21 heavy (non-hydrogen) atoms. The van der Waals surface area contributed by atoms with Crippen LogP contribution in [0.5, 0.6) is 0 Å². The van der Waals surface area contributed by atoms with E-state index in [1.807, 2.05) is 7.05 Å². The molecule has 0 radical (unpaired) electrons. The summed E-state index contributed by atoms with van der Waals surface area (Å²) in [6.45, 7) is 5.19. The molecule has 1 atom stereocenters. The number of aliphatic imine (C=N–C) groups is 1. The number of hydrogen-bond acceptors (Lipinski definition) is 3. The molecule has 2 fully saturated rings. The minimum absolute atomic E-state index is 0.658. The highest BCUT2D eigenvalue weighted by Crippen LogP contribution is 2.18. The van der Waals surface area contributed by atoms with Crippen LogP contribution < -0.4 is 5.32 Å². The van der Waals surface area contributed by atoms with Crippen molar-refractivity contribution in [1.29, 1.82) is 0 Å². The lowest BCUT2D eigenvalue weighted by atomic mass is 9.96. The van der Waals surface area contributed by atoms with Crippen LogP contribution in [0.2, 0.25) is 0 Å². The zero-order valence-electron chi connectivity index (χ0n) is 14.0. The van der Waals surface area contributed by atoms with E-state index >= 15 is 0 Å². The lowest BCUT2D eigenvalue weighted by molar-refractivity contribution is 0.0625. The lowest BCUT2D eigenvalue weighted by Gasteiger charge is -2.28. The van der Waals surface area contributed by atoms with Gasteiger partial charge in [-0.3, -0.25) is 4.99 Å². The molecule has 0 aromatic carbocycles. The third-order valence-electron chi connectivity index (χ3n) is 4.95. The Morgan fingerprint density at radius 3 is 2.71 bits per heavy atom. The van der Waals surface area contributed by atoms with Crippen molar-refractivity contribution in [2.24, 2.45) is 10.9 Å². The zero-order valence-corrected chi connectivity index (χ0v) is 14.0. The van der Waals surface area contributed by atoms with Crippen LogP contribution in [0, 0.1) is 5.92 Å². The second-order valence-corrected chi connectivity index (χ2v) is 6.47. The van der Waals surface area contributed by atoms with E-state index in [2.05, 4.69) is 34.2 Å². The molecule has 2 heterocycles. The van der Waals surface area contributed by atoms with E-state index in [0.29, 0.717) is 6.04 Å². The summed E-state index contributed by atoms with van der Waals surface area (Å²) in [5.74, 6) is 1.85. The minimum atomic E-state index is 0.658. The van der Waals surface area contributed by atoms with Crippen LogP contribution in [0.3, 0.4) is 0 Å². The normalized spacial score (nSPS) is 25.3. The predicted octanol–water partition coefficient (Wildman–Crippen LogP) is 1.40. The molecule has 0 amide bonds. The van der Waals surface area contributed by atoms with E-state index in [0.717, 1.165) is 38.2 Å². The fourth-order valence-corrected chi connectivity index (χ4v) is 3.35. The first-order chi connectivity index (χ1) is 10.2. The van der Waals surface area contributed by atoms with Crippen LogP contribution >= 0.6 is 0 Å². The maximum atomic E-state index is 5.43. The van der Waals surface area contributed by atoms with Gasteiger partial charge < -0.3 is 19.9 Å². The van der Waals surface area contributed by atoms with Crippen molar-refractivity contribution in [2.75, 3.05) is 54.0 Å². The highest BCUT2D eigenvalue weighted by molar-refractivity contribution is 5.79. The quantitative estimate of drug-likeness (QED) is 0.615. The van der Waals surface area contributed by atoms with Gasteiger partial charge in [-0.2, -0.15) is 0 Å². The number of guanidine groups is 1. The molecule has 2 rings (SSSR count). The van der Waals surface area contributed by atoms with Crippen LogP contribution in [0.25, 0.3) is 0 Å². The minimum Gasteiger partial charge on any atom is -0.381 e. The summed E-state index contributed by atoms with van der Waals surface area (Å²) < 4.78 is 5.43. The molecule has 2 aliphatic heterocycles. The average molecular weight is 296 g/mol. The Hall–Kier alpha value is -0.810. The fraction of sp³-hybridized carbons (Fsp3) is 0.938. The molecule has 1 unspecified atom stereocenters. The van der Waals surface area contributed by atoms with E-state index in [9.17, 15) is 0 Å². The second-order valence-electron chi connectivity index (χ2n) is 6.47. The molecular formula is C16H32N4O. The van der Waals surface area contributed by atoms with Gasteiger partial charge in [-0.15, -0.1) is 0 Å². The summed E-state index contributed by atoms with van der Waals surface area (Å²) in [7, 11) is 6.25. The number of nitrogens with one attached hydrogen (secondary N) is 1. The van der Waals surface area contributed by atoms with Crippen LogP contribution in [-0.4, -0.2) is 75.8 Å². The van der Waals surface area contributed by atoms with Gasteiger partial charge in [0.15, 0.2) is 5.96 Å². The van der Waals surface area contributed by atoms with Gasteiger partial charge in [0.1, 0.15) is 0 Å². The third-order valence-corrected chi connectivity index (χ3v) is 4.95. The van der Waals surface area contributed by atoms with Gasteiger partial charge in [0, 0.05) is 46.4 Å². The summed E-state index contributed by atoms with van der Waals surface area (Å²) in [6.07, 6.45) is 6.29. The van der Waals surface area contributed by atoms with E-state index in [-0.39, 0.29) is 0 Å². The molecule has 5 nitrogen and oxygen atoms in total. The molecule has 0 bridgehead atoms. The van der Waals surface area contributed by atoms with Crippen molar-refractivity contribution >= 4 is 5.96 Å². The Balaban J connectivity index is 1.69. The molecule has 0 saturated carbocycles. The van der Waals surface area contributed by atoms with Gasteiger partial charge in [0.05, 0.1) is 0 Å². The molecule has 5 heteroatoms. The van der Waals surface area contributed by atoms with Crippen LogP contribution in [0.4, 0.5) is 0 Å². The summed E-state index contributed by atoms with van der Waals surface area (Å²) in [5, 5.41) is 3.54. The first-order valence-electron chi connectivity index (χ1n) is 8.40. The number of nitrogens with zero attached hydrogens (tertiary/aromatic N) is 3. The van der Waals surface area contributed by atoms with Crippen molar-refractivity contribution in [3.05, 3.63) is 0 Å². The molecule has 0 aliphatic carbocycles. The highest BCUT2D eigenvalue weighted by atomic mass is 16.5. The number of ether oxygens (including phenoxy) is 1. The third kappa shape index (κ3) is 5.15. The van der Waals surface area contributed by atoms with Gasteiger partial charge in [0.25, 0.3) is 0 Å². The molecule has 0 spiro atoms. The Morgan fingerprint density at radius 1 is 1.33 bits per heavy atom. The van der Waals surface area contributed by atoms with Crippen molar-refractivity contribution in [1.82, 2.24) is 15.1 Å². The summed E-state index contributed by atoms with van der Waals surface area (Å²) >= 11 is 0. The van der Waals surface area contributed by atoms with Crippen molar-refractivity contribution in [3.8, 4) is 0 Å². The van der Waals surface area contributed by atoms with Gasteiger partial charge in [-0.25, -0.2) is 0 Å². The van der Waals surface area contributed by atoms with Gasteiger partial charge in [-0.05, 0) is 51.6 Å².